The van der Waals surface area contributed by atoms with Crippen molar-refractivity contribution in [2.75, 3.05) is 18.8 Å². The van der Waals surface area contributed by atoms with Crippen molar-refractivity contribution in [1.29, 1.82) is 0 Å². The van der Waals surface area contributed by atoms with E-state index in [9.17, 15) is 23.8 Å². The summed E-state index contributed by atoms with van der Waals surface area (Å²) < 4.78 is 28.5. The minimum Gasteiger partial charge on any atom is -0.534 e. The van der Waals surface area contributed by atoms with Crippen molar-refractivity contribution < 1.29 is 37.9 Å². The van der Waals surface area contributed by atoms with Gasteiger partial charge >= 0.3 is 19.1 Å². The van der Waals surface area contributed by atoms with Gasteiger partial charge in [-0.05, 0) is 24.3 Å². The number of carbonyl (C=O) groups is 3. The third-order valence-corrected chi connectivity index (χ3v) is 4.04. The van der Waals surface area contributed by atoms with Crippen LogP contribution >= 0.6 is 11.8 Å². The van der Waals surface area contributed by atoms with E-state index in [4.69, 9.17) is 4.65 Å². The first-order valence-corrected chi connectivity index (χ1v) is 8.97. The van der Waals surface area contributed by atoms with Crippen LogP contribution < -0.4 is 9.97 Å². The summed E-state index contributed by atoms with van der Waals surface area (Å²) in [6.07, 6.45) is 1.90. The maximum Gasteiger partial charge on any atom is 0.547 e. The fourth-order valence-electron chi connectivity index (χ4n) is 2.37. The second kappa shape index (κ2) is 8.90. The summed E-state index contributed by atoms with van der Waals surface area (Å²) in [7, 11) is -1.46. The topological polar surface area (TPSA) is 111 Å². The van der Waals surface area contributed by atoms with Crippen LogP contribution in [0.4, 0.5) is 4.39 Å². The molecule has 2 rings (SSSR count). The summed E-state index contributed by atoms with van der Waals surface area (Å²) in [5.74, 6) is -3.64. The Bertz CT molecular complexity index is 717. The normalized spacial score (nSPS) is 15.5. The zero-order valence-corrected chi connectivity index (χ0v) is 14.9. The first-order chi connectivity index (χ1) is 12.3. The van der Waals surface area contributed by atoms with E-state index in [1.165, 1.54) is 17.8 Å². The molecule has 0 bridgehead atoms. The van der Waals surface area contributed by atoms with Gasteiger partial charge in [-0.25, -0.2) is 9.18 Å². The van der Waals surface area contributed by atoms with Crippen molar-refractivity contribution in [2.24, 2.45) is 0 Å². The highest BCUT2D eigenvalue weighted by Crippen LogP contribution is 2.32. The average Bonchev–Trinajstić information content (AvgIpc) is 2.55. The third-order valence-electron chi connectivity index (χ3n) is 3.49. The Kier molecular flexibility index (Phi) is 6.87. The lowest BCUT2D eigenvalue weighted by Crippen LogP contribution is -2.53. The fraction of sp³-hybridized carbons (Fsp3) is 0.400. The summed E-state index contributed by atoms with van der Waals surface area (Å²) in [5.41, 5.74) is -0.0896. The molecule has 11 heteroatoms. The molecule has 0 unspecified atom stereocenters. The lowest BCUT2D eigenvalue weighted by atomic mass is 9.72. The average molecular weight is 385 g/mol. The van der Waals surface area contributed by atoms with E-state index < -0.39 is 43.2 Å². The quantitative estimate of drug-likeness (QED) is 0.409. The molecule has 0 radical (unpaired) electrons. The molecule has 0 spiro atoms. The van der Waals surface area contributed by atoms with Gasteiger partial charge in [-0.3, -0.25) is 9.59 Å². The largest absolute Gasteiger partial charge is 0.547 e. The minimum absolute atomic E-state index is 0.140. The molecular formula is C15H17BFNO7S. The fourth-order valence-corrected chi connectivity index (χ4v) is 2.71. The summed E-state index contributed by atoms with van der Waals surface area (Å²) in [4.78, 5) is 34.5. The number of fused-ring (bicyclic) bond motifs is 1. The Morgan fingerprint density at radius 1 is 1.42 bits per heavy atom. The van der Waals surface area contributed by atoms with Gasteiger partial charge in [0.2, 0.25) is 12.7 Å². The van der Waals surface area contributed by atoms with E-state index in [-0.39, 0.29) is 23.8 Å². The molecule has 26 heavy (non-hydrogen) atoms. The Hall–Kier alpha value is -2.27. The second-order valence-electron chi connectivity index (χ2n) is 5.42. The maximum atomic E-state index is 14.1. The maximum absolute atomic E-state index is 14.1. The van der Waals surface area contributed by atoms with Crippen LogP contribution in [0.1, 0.15) is 22.8 Å². The van der Waals surface area contributed by atoms with E-state index in [1.54, 1.807) is 6.26 Å². The molecule has 8 nitrogen and oxygen atoms in total. The lowest BCUT2D eigenvalue weighted by Gasteiger charge is -2.29. The van der Waals surface area contributed by atoms with Gasteiger partial charge in [0.15, 0.2) is 0 Å². The van der Waals surface area contributed by atoms with Gasteiger partial charge in [-0.15, -0.1) is 0 Å². The number of hydrogen-bond donors (Lipinski definition) is 2. The molecule has 1 aliphatic heterocycles. The van der Waals surface area contributed by atoms with Gasteiger partial charge < -0.3 is 24.5 Å². The zero-order chi connectivity index (χ0) is 19.3. The van der Waals surface area contributed by atoms with Crippen molar-refractivity contribution >= 4 is 36.7 Å². The Morgan fingerprint density at radius 3 is 2.81 bits per heavy atom. The molecule has 140 valence electrons. The van der Waals surface area contributed by atoms with Crippen molar-refractivity contribution in [3.05, 3.63) is 29.1 Å². The van der Waals surface area contributed by atoms with Crippen molar-refractivity contribution in [3.8, 4) is 5.75 Å². The predicted octanol–water partition coefficient (Wildman–Crippen LogP) is 0.306. The van der Waals surface area contributed by atoms with Gasteiger partial charge in [0, 0.05) is 6.92 Å². The standard InChI is InChI=1S/C15H17BFNO7S/c1-8(19)23-7-24-15(21)13-10(17)4-3-9-5-11(16(22)25-14(9)13)18-12(20)6-26-2/h3-4,11,22H,5-7H2,1-2H3,(H,18,20)/t11-/m0/s1. The summed E-state index contributed by atoms with van der Waals surface area (Å²) in [5, 5.41) is 12.7. The van der Waals surface area contributed by atoms with Crippen molar-refractivity contribution in [1.82, 2.24) is 5.32 Å². The number of halogens is 1. The lowest BCUT2D eigenvalue weighted by molar-refractivity contribution is -0.149. The number of thioether (sulfide) groups is 1. The van der Waals surface area contributed by atoms with Gasteiger partial charge in [0.1, 0.15) is 17.1 Å². The van der Waals surface area contributed by atoms with Gasteiger partial charge in [-0.1, -0.05) is 6.07 Å². The highest BCUT2D eigenvalue weighted by Gasteiger charge is 2.39. The number of nitrogens with one attached hydrogen (secondary N) is 1. The molecule has 0 aliphatic carbocycles. The molecule has 1 aromatic carbocycles. The summed E-state index contributed by atoms with van der Waals surface area (Å²) in [6.45, 7) is 0.455. The van der Waals surface area contributed by atoms with Crippen LogP contribution in [0.25, 0.3) is 0 Å². The van der Waals surface area contributed by atoms with Crippen LogP contribution in [0.5, 0.6) is 5.75 Å². The molecule has 0 saturated carbocycles. The van der Waals surface area contributed by atoms with E-state index in [0.29, 0.717) is 5.56 Å². The Balaban J connectivity index is 2.18. The van der Waals surface area contributed by atoms with E-state index in [1.807, 2.05) is 0 Å². The number of rotatable bonds is 6. The molecule has 2 N–H and O–H groups in total. The molecule has 1 heterocycles. The smallest absolute Gasteiger partial charge is 0.534 e. The van der Waals surface area contributed by atoms with Crippen LogP contribution in [0.3, 0.4) is 0 Å². The first kappa shape index (κ1) is 20.1. The second-order valence-corrected chi connectivity index (χ2v) is 6.28. The SMILES string of the molecule is CSCC(=O)N[C@H]1Cc2ccc(F)c(C(=O)OCOC(C)=O)c2OB1O. The molecule has 0 saturated heterocycles. The molecule has 0 fully saturated rings. The van der Waals surface area contributed by atoms with Gasteiger partial charge in [0.05, 0.1) is 11.7 Å². The van der Waals surface area contributed by atoms with Crippen molar-refractivity contribution in [2.45, 2.75) is 19.3 Å². The van der Waals surface area contributed by atoms with Crippen LogP contribution in [0.2, 0.25) is 0 Å². The highest BCUT2D eigenvalue weighted by molar-refractivity contribution is 7.99. The van der Waals surface area contributed by atoms with Crippen LogP contribution in [0.15, 0.2) is 12.1 Å². The minimum atomic E-state index is -1.46. The third kappa shape index (κ3) is 4.89. The van der Waals surface area contributed by atoms with Crippen LogP contribution in [0, 0.1) is 5.82 Å². The van der Waals surface area contributed by atoms with Gasteiger partial charge in [0.25, 0.3) is 0 Å². The number of ether oxygens (including phenoxy) is 2. The Morgan fingerprint density at radius 2 is 2.15 bits per heavy atom. The number of benzene rings is 1. The van der Waals surface area contributed by atoms with E-state index in [0.717, 1.165) is 13.0 Å². The molecule has 1 aliphatic rings. The number of amides is 1. The molecule has 1 amide bonds. The number of carbonyl (C=O) groups excluding carboxylic acids is 3. The summed E-state index contributed by atoms with van der Waals surface area (Å²) in [6, 6.07) is 2.45. The van der Waals surface area contributed by atoms with Crippen molar-refractivity contribution in [3.63, 3.8) is 0 Å². The van der Waals surface area contributed by atoms with Crippen LogP contribution in [-0.4, -0.2) is 54.7 Å². The molecule has 1 aromatic rings. The zero-order valence-electron chi connectivity index (χ0n) is 14.1. The highest BCUT2D eigenvalue weighted by atomic mass is 32.2. The summed E-state index contributed by atoms with van der Waals surface area (Å²) >= 11 is 1.32. The van der Waals surface area contributed by atoms with Crippen LogP contribution in [-0.2, 0) is 25.5 Å². The number of esters is 2. The molecular weight excluding hydrogens is 368 g/mol. The first-order valence-electron chi connectivity index (χ1n) is 7.58. The molecule has 0 aromatic heterocycles. The van der Waals surface area contributed by atoms with E-state index in [2.05, 4.69) is 14.8 Å². The number of hydrogen-bond acceptors (Lipinski definition) is 8. The predicted molar refractivity (Wildman–Crippen MR) is 91.1 cm³/mol. The monoisotopic (exact) mass is 385 g/mol. The Labute approximate surface area is 153 Å². The van der Waals surface area contributed by atoms with Gasteiger partial charge in [-0.2, -0.15) is 11.8 Å². The van der Waals surface area contributed by atoms with E-state index >= 15 is 0 Å². The molecule has 1 atom stereocenters.